The van der Waals surface area contributed by atoms with Crippen LogP contribution in [0.5, 0.6) is 5.75 Å². The van der Waals surface area contributed by atoms with E-state index in [9.17, 15) is 18.7 Å². The van der Waals surface area contributed by atoms with Gasteiger partial charge in [-0.15, -0.1) is 0 Å². The molecular formula is C26H24F2N6O3. The number of ether oxygens (including phenoxy) is 1. The molecule has 2 fully saturated rings. The van der Waals surface area contributed by atoms with Crippen molar-refractivity contribution in [2.75, 3.05) is 18.0 Å². The number of benzene rings is 1. The van der Waals surface area contributed by atoms with E-state index in [0.29, 0.717) is 60.6 Å². The lowest BCUT2D eigenvalue weighted by Crippen LogP contribution is -2.39. The number of rotatable bonds is 6. The van der Waals surface area contributed by atoms with Gasteiger partial charge in [0.05, 0.1) is 23.8 Å². The number of piperidine rings is 1. The number of pyridine rings is 1. The summed E-state index contributed by atoms with van der Waals surface area (Å²) in [6.45, 7) is 1.20. The lowest BCUT2D eigenvalue weighted by Gasteiger charge is -2.33. The van der Waals surface area contributed by atoms with Crippen molar-refractivity contribution in [2.45, 2.75) is 31.3 Å². The second-order valence-corrected chi connectivity index (χ2v) is 9.56. The summed E-state index contributed by atoms with van der Waals surface area (Å²) in [5, 5.41) is 13.6. The summed E-state index contributed by atoms with van der Waals surface area (Å²) in [5.74, 6) is -1.95. The van der Waals surface area contributed by atoms with Crippen LogP contribution in [0.25, 0.3) is 22.3 Å². The van der Waals surface area contributed by atoms with Crippen LogP contribution in [0.3, 0.4) is 0 Å². The molecule has 1 saturated carbocycles. The molecule has 2 atom stereocenters. The van der Waals surface area contributed by atoms with Gasteiger partial charge in [0.2, 0.25) is 0 Å². The highest BCUT2D eigenvalue weighted by molar-refractivity contribution is 5.83. The van der Waals surface area contributed by atoms with Crippen molar-refractivity contribution >= 4 is 22.8 Å². The lowest BCUT2D eigenvalue weighted by molar-refractivity contribution is -0.138. The molecule has 190 valence electrons. The first-order chi connectivity index (χ1) is 17.9. The number of fused-ring (bicyclic) bond motifs is 1. The van der Waals surface area contributed by atoms with Gasteiger partial charge in [0, 0.05) is 62.4 Å². The molecule has 11 heteroatoms. The molecule has 1 aromatic carbocycles. The summed E-state index contributed by atoms with van der Waals surface area (Å²) in [6.07, 6.45) is 6.84. The molecule has 1 aliphatic heterocycles. The Bertz CT molecular complexity index is 1500. The van der Waals surface area contributed by atoms with E-state index < -0.39 is 23.5 Å². The molecule has 1 saturated heterocycles. The fraction of sp³-hybridized carbons (Fsp3) is 0.346. The van der Waals surface area contributed by atoms with Gasteiger partial charge >= 0.3 is 5.97 Å². The van der Waals surface area contributed by atoms with Gasteiger partial charge in [-0.3, -0.25) is 14.5 Å². The van der Waals surface area contributed by atoms with Gasteiger partial charge in [-0.05, 0) is 24.6 Å². The molecule has 0 unspecified atom stereocenters. The first-order valence-electron chi connectivity index (χ1n) is 12.1. The summed E-state index contributed by atoms with van der Waals surface area (Å²) in [6, 6.07) is 5.15. The summed E-state index contributed by atoms with van der Waals surface area (Å²) in [4.78, 5) is 27.7. The molecule has 0 amide bonds. The highest BCUT2D eigenvalue weighted by Gasteiger charge is 2.45. The highest BCUT2D eigenvalue weighted by atomic mass is 19.1. The Morgan fingerprint density at radius 2 is 1.92 bits per heavy atom. The first-order valence-corrected chi connectivity index (χ1v) is 12.1. The third-order valence-corrected chi connectivity index (χ3v) is 6.95. The van der Waals surface area contributed by atoms with Gasteiger partial charge < -0.3 is 14.7 Å². The van der Waals surface area contributed by atoms with E-state index in [1.807, 2.05) is 19.3 Å². The third kappa shape index (κ3) is 4.56. The van der Waals surface area contributed by atoms with Crippen molar-refractivity contribution in [3.8, 4) is 17.0 Å². The van der Waals surface area contributed by atoms with Crippen LogP contribution in [0.15, 0.2) is 42.9 Å². The SMILES string of the molecule is Cn1cc(-c2nc3cnc([C@H]4C[C@@H]4C(=O)O)cc3nc2N2CCC(Oc3ccc(F)cc3F)CC2)cn1. The molecule has 1 N–H and O–H groups in total. The monoisotopic (exact) mass is 506 g/mol. The standard InChI is InChI=1S/C26H24F2N6O3/c1-33-13-14(11-30-33)24-25(32-21-10-20(29-12-22(21)31-24)17-9-18(17)26(35)36)34-6-4-16(5-7-34)37-23-3-2-15(27)8-19(23)28/h2-3,8,10-13,16-18H,4-7,9H2,1H3,(H,35,36)/t17-,18-/m0/s1. The first kappa shape index (κ1) is 23.3. The van der Waals surface area contributed by atoms with E-state index in [-0.39, 0.29) is 17.8 Å². The number of aromatic nitrogens is 5. The minimum Gasteiger partial charge on any atom is -0.487 e. The number of nitrogens with zero attached hydrogens (tertiary/aromatic N) is 6. The molecule has 0 bridgehead atoms. The van der Waals surface area contributed by atoms with Gasteiger partial charge in [0.15, 0.2) is 17.4 Å². The van der Waals surface area contributed by atoms with Gasteiger partial charge in [-0.2, -0.15) is 5.10 Å². The Morgan fingerprint density at radius 1 is 1.11 bits per heavy atom. The molecule has 37 heavy (non-hydrogen) atoms. The molecule has 4 aromatic rings. The molecule has 2 aliphatic rings. The number of carbonyl (C=O) groups is 1. The van der Waals surface area contributed by atoms with Gasteiger partial charge in [0.1, 0.15) is 23.1 Å². The van der Waals surface area contributed by atoms with Crippen molar-refractivity contribution in [1.29, 1.82) is 0 Å². The summed E-state index contributed by atoms with van der Waals surface area (Å²) < 4.78 is 34.8. The van der Waals surface area contributed by atoms with Crippen LogP contribution in [0, 0.1) is 17.6 Å². The average Bonchev–Trinajstić information content (AvgIpc) is 3.59. The van der Waals surface area contributed by atoms with Crippen molar-refractivity contribution in [2.24, 2.45) is 13.0 Å². The molecule has 0 spiro atoms. The fourth-order valence-corrected chi connectivity index (χ4v) is 4.86. The fourth-order valence-electron chi connectivity index (χ4n) is 4.86. The summed E-state index contributed by atoms with van der Waals surface area (Å²) >= 11 is 0. The van der Waals surface area contributed by atoms with Gasteiger partial charge in [-0.1, -0.05) is 0 Å². The number of hydrogen-bond acceptors (Lipinski definition) is 7. The van der Waals surface area contributed by atoms with Crippen LogP contribution in [0.2, 0.25) is 0 Å². The predicted octanol–water partition coefficient (Wildman–Crippen LogP) is 3.94. The number of carboxylic acid groups (broad SMARTS) is 1. The smallest absolute Gasteiger partial charge is 0.307 e. The molecule has 1 aliphatic carbocycles. The van der Waals surface area contributed by atoms with Crippen LogP contribution in [-0.4, -0.2) is 55.0 Å². The predicted molar refractivity (Wildman–Crippen MR) is 130 cm³/mol. The maximum absolute atomic E-state index is 14.1. The van der Waals surface area contributed by atoms with Gasteiger partial charge in [-0.25, -0.2) is 18.7 Å². The topological polar surface area (TPSA) is 106 Å². The van der Waals surface area contributed by atoms with E-state index in [0.717, 1.165) is 11.6 Å². The molecule has 9 nitrogen and oxygen atoms in total. The molecule has 3 aromatic heterocycles. The van der Waals surface area contributed by atoms with Crippen LogP contribution in [0.4, 0.5) is 14.6 Å². The number of aryl methyl sites for hydroxylation is 1. The lowest BCUT2D eigenvalue weighted by atomic mass is 10.1. The molecular weight excluding hydrogens is 482 g/mol. The van der Waals surface area contributed by atoms with Gasteiger partial charge in [0.25, 0.3) is 0 Å². The Balaban J connectivity index is 1.28. The second kappa shape index (κ2) is 9.06. The van der Waals surface area contributed by atoms with E-state index in [2.05, 4.69) is 15.0 Å². The van der Waals surface area contributed by atoms with E-state index >= 15 is 0 Å². The number of anilines is 1. The Hall–Kier alpha value is -4.15. The maximum atomic E-state index is 14.1. The maximum Gasteiger partial charge on any atom is 0.307 e. The average molecular weight is 507 g/mol. The van der Waals surface area contributed by atoms with E-state index in [1.165, 1.54) is 12.1 Å². The number of carboxylic acids is 1. The minimum atomic E-state index is -0.809. The van der Waals surface area contributed by atoms with Crippen LogP contribution >= 0.6 is 0 Å². The Morgan fingerprint density at radius 3 is 2.59 bits per heavy atom. The van der Waals surface area contributed by atoms with Crippen molar-refractivity contribution in [3.63, 3.8) is 0 Å². The quantitative estimate of drug-likeness (QED) is 0.419. The van der Waals surface area contributed by atoms with Crippen LogP contribution < -0.4 is 9.64 Å². The number of aliphatic carboxylic acids is 1. The third-order valence-electron chi connectivity index (χ3n) is 6.95. The highest BCUT2D eigenvalue weighted by Crippen LogP contribution is 2.47. The number of hydrogen-bond donors (Lipinski definition) is 1. The zero-order chi connectivity index (χ0) is 25.7. The summed E-state index contributed by atoms with van der Waals surface area (Å²) in [5.41, 5.74) is 3.46. The Labute approximate surface area is 210 Å². The van der Waals surface area contributed by atoms with Crippen LogP contribution in [0.1, 0.15) is 30.9 Å². The van der Waals surface area contributed by atoms with E-state index in [4.69, 9.17) is 14.7 Å². The van der Waals surface area contributed by atoms with Crippen molar-refractivity contribution in [3.05, 3.63) is 60.2 Å². The Kier molecular flexibility index (Phi) is 5.69. The van der Waals surface area contributed by atoms with Crippen molar-refractivity contribution < 1.29 is 23.4 Å². The largest absolute Gasteiger partial charge is 0.487 e. The minimum absolute atomic E-state index is 0.0427. The summed E-state index contributed by atoms with van der Waals surface area (Å²) in [7, 11) is 1.83. The molecule has 4 heterocycles. The number of halogens is 2. The zero-order valence-corrected chi connectivity index (χ0v) is 20.0. The van der Waals surface area contributed by atoms with Crippen molar-refractivity contribution in [1.82, 2.24) is 24.7 Å². The zero-order valence-electron chi connectivity index (χ0n) is 20.0. The van der Waals surface area contributed by atoms with Crippen LogP contribution in [-0.2, 0) is 11.8 Å². The molecule has 6 rings (SSSR count). The normalized spacial score (nSPS) is 19.8. The van der Waals surface area contributed by atoms with E-state index in [1.54, 1.807) is 17.1 Å². The molecule has 0 radical (unpaired) electrons. The second-order valence-electron chi connectivity index (χ2n) is 9.56.